The SMILES string of the molecule is [C-]#[N+]c1cc(F)cc([C@@H]2CCN3CC(C)(C(C)(F)F)C(=O)N23)c1. The Morgan fingerprint density at radius 3 is 2.70 bits per heavy atom. The van der Waals surface area contributed by atoms with Gasteiger partial charge in [0.2, 0.25) is 0 Å². The minimum absolute atomic E-state index is 0.0587. The van der Waals surface area contributed by atoms with Gasteiger partial charge in [-0.3, -0.25) is 9.80 Å². The molecule has 2 saturated heterocycles. The maximum absolute atomic E-state index is 13.9. The summed E-state index contributed by atoms with van der Waals surface area (Å²) in [4.78, 5) is 15.8. The maximum Gasteiger partial charge on any atom is 0.260 e. The molecule has 1 aromatic carbocycles. The number of carbonyl (C=O) groups is 1. The smallest absolute Gasteiger partial charge is 0.260 e. The normalized spacial score (nSPS) is 28.1. The predicted octanol–water partition coefficient (Wildman–Crippen LogP) is 3.54. The summed E-state index contributed by atoms with van der Waals surface area (Å²) in [7, 11) is 0. The number of alkyl halides is 2. The van der Waals surface area contributed by atoms with Crippen molar-refractivity contribution in [3.8, 4) is 0 Å². The van der Waals surface area contributed by atoms with Crippen LogP contribution in [0.25, 0.3) is 4.85 Å². The molecule has 0 aromatic heterocycles. The van der Waals surface area contributed by atoms with E-state index in [9.17, 15) is 18.0 Å². The molecule has 2 atom stereocenters. The second kappa shape index (κ2) is 4.96. The Hall–Kier alpha value is -2.07. The zero-order valence-corrected chi connectivity index (χ0v) is 12.8. The minimum Gasteiger partial charge on any atom is -0.272 e. The van der Waals surface area contributed by atoms with Crippen LogP contribution in [-0.2, 0) is 4.79 Å². The molecule has 0 aliphatic carbocycles. The highest BCUT2D eigenvalue weighted by molar-refractivity contribution is 5.86. The molecule has 3 rings (SSSR count). The van der Waals surface area contributed by atoms with Gasteiger partial charge in [-0.15, -0.1) is 0 Å². The molecule has 4 nitrogen and oxygen atoms in total. The maximum atomic E-state index is 13.9. The van der Waals surface area contributed by atoms with Gasteiger partial charge < -0.3 is 0 Å². The Bertz CT molecular complexity index is 710. The van der Waals surface area contributed by atoms with Gasteiger partial charge in [0, 0.05) is 20.0 Å². The first-order valence-corrected chi connectivity index (χ1v) is 7.32. The van der Waals surface area contributed by atoms with E-state index >= 15 is 0 Å². The molecule has 1 unspecified atom stereocenters. The summed E-state index contributed by atoms with van der Waals surface area (Å²) >= 11 is 0. The molecule has 0 saturated carbocycles. The highest BCUT2D eigenvalue weighted by atomic mass is 19.3. The van der Waals surface area contributed by atoms with Crippen LogP contribution in [0.3, 0.4) is 0 Å². The van der Waals surface area contributed by atoms with Gasteiger partial charge in [-0.1, -0.05) is 6.07 Å². The number of halogens is 3. The minimum atomic E-state index is -3.15. The third-order valence-electron chi connectivity index (χ3n) is 4.83. The molecule has 7 heteroatoms. The van der Waals surface area contributed by atoms with Crippen molar-refractivity contribution in [2.24, 2.45) is 5.41 Å². The molecule has 1 amide bonds. The molecule has 0 radical (unpaired) electrons. The third-order valence-corrected chi connectivity index (χ3v) is 4.83. The van der Waals surface area contributed by atoms with E-state index in [4.69, 9.17) is 6.57 Å². The van der Waals surface area contributed by atoms with Crippen molar-refractivity contribution < 1.29 is 18.0 Å². The van der Waals surface area contributed by atoms with Crippen LogP contribution in [0, 0.1) is 17.8 Å². The van der Waals surface area contributed by atoms with Gasteiger partial charge in [0.05, 0.1) is 12.6 Å². The average molecular weight is 323 g/mol. The molecular weight excluding hydrogens is 307 g/mol. The third kappa shape index (κ3) is 2.29. The Kier molecular flexibility index (Phi) is 3.41. The number of benzene rings is 1. The van der Waals surface area contributed by atoms with Gasteiger partial charge in [-0.2, -0.15) is 0 Å². The van der Waals surface area contributed by atoms with E-state index in [2.05, 4.69) is 4.85 Å². The molecule has 2 heterocycles. The topological polar surface area (TPSA) is 27.9 Å². The fourth-order valence-electron chi connectivity index (χ4n) is 3.30. The molecule has 0 bridgehead atoms. The van der Waals surface area contributed by atoms with Crippen LogP contribution in [0.5, 0.6) is 0 Å². The lowest BCUT2D eigenvalue weighted by atomic mass is 9.83. The second-order valence-electron chi connectivity index (χ2n) is 6.42. The first-order chi connectivity index (χ1) is 10.7. The zero-order valence-electron chi connectivity index (χ0n) is 12.8. The lowest BCUT2D eigenvalue weighted by Gasteiger charge is -2.30. The Balaban J connectivity index is 1.98. The summed E-state index contributed by atoms with van der Waals surface area (Å²) in [5.41, 5.74) is -1.19. The van der Waals surface area contributed by atoms with E-state index in [1.807, 2.05) is 0 Å². The summed E-state index contributed by atoms with van der Waals surface area (Å²) in [6.45, 7) is 9.42. The molecule has 2 aliphatic heterocycles. The van der Waals surface area contributed by atoms with Crippen molar-refractivity contribution in [1.82, 2.24) is 10.0 Å². The lowest BCUT2D eigenvalue weighted by molar-refractivity contribution is -0.156. The van der Waals surface area contributed by atoms with E-state index in [-0.39, 0.29) is 12.2 Å². The number of rotatable bonds is 2. The Labute approximate surface area is 132 Å². The quantitative estimate of drug-likeness (QED) is 0.779. The van der Waals surface area contributed by atoms with E-state index in [1.165, 1.54) is 24.1 Å². The first kappa shape index (κ1) is 15.8. The largest absolute Gasteiger partial charge is 0.272 e. The van der Waals surface area contributed by atoms with E-state index in [1.54, 1.807) is 5.01 Å². The molecule has 0 N–H and O–H groups in total. The van der Waals surface area contributed by atoms with Crippen molar-refractivity contribution in [1.29, 1.82) is 0 Å². The van der Waals surface area contributed by atoms with Gasteiger partial charge in [0.1, 0.15) is 11.2 Å². The summed E-state index contributed by atoms with van der Waals surface area (Å²) in [5.74, 6) is -4.37. The highest BCUT2D eigenvalue weighted by Gasteiger charge is 2.62. The fourth-order valence-corrected chi connectivity index (χ4v) is 3.30. The van der Waals surface area contributed by atoms with Gasteiger partial charge in [0.25, 0.3) is 11.8 Å². The van der Waals surface area contributed by atoms with Crippen LogP contribution in [0.15, 0.2) is 18.2 Å². The van der Waals surface area contributed by atoms with E-state index in [0.29, 0.717) is 18.5 Å². The zero-order chi connectivity index (χ0) is 17.0. The predicted molar refractivity (Wildman–Crippen MR) is 77.2 cm³/mol. The van der Waals surface area contributed by atoms with Crippen molar-refractivity contribution in [2.45, 2.75) is 32.2 Å². The Morgan fingerprint density at radius 1 is 1.39 bits per heavy atom. The molecule has 2 fully saturated rings. The summed E-state index contributed by atoms with van der Waals surface area (Å²) in [6.07, 6.45) is 0.526. The van der Waals surface area contributed by atoms with E-state index < -0.39 is 29.1 Å². The van der Waals surface area contributed by atoms with Crippen molar-refractivity contribution in [2.75, 3.05) is 13.1 Å². The van der Waals surface area contributed by atoms with Crippen molar-refractivity contribution in [3.05, 3.63) is 41.0 Å². The monoisotopic (exact) mass is 323 g/mol. The van der Waals surface area contributed by atoms with Crippen LogP contribution in [-0.4, -0.2) is 34.9 Å². The average Bonchev–Trinajstić information content (AvgIpc) is 2.97. The van der Waals surface area contributed by atoms with Crippen LogP contribution in [0.1, 0.15) is 31.9 Å². The Morgan fingerprint density at radius 2 is 2.09 bits per heavy atom. The second-order valence-corrected chi connectivity index (χ2v) is 6.42. The summed E-state index contributed by atoms with van der Waals surface area (Å²) in [5, 5.41) is 2.92. The number of nitrogens with zero attached hydrogens (tertiary/aromatic N) is 3. The number of hydrazine groups is 1. The summed E-state index contributed by atoms with van der Waals surface area (Å²) in [6, 6.07) is 3.37. The lowest BCUT2D eigenvalue weighted by Crippen LogP contribution is -2.45. The molecular formula is C16H16F3N3O. The fraction of sp³-hybridized carbons (Fsp3) is 0.500. The van der Waals surface area contributed by atoms with Gasteiger partial charge in [-0.25, -0.2) is 23.0 Å². The summed E-state index contributed by atoms with van der Waals surface area (Å²) < 4.78 is 41.5. The number of hydrogen-bond donors (Lipinski definition) is 0. The molecule has 2 aliphatic rings. The van der Waals surface area contributed by atoms with Gasteiger partial charge in [-0.05, 0) is 31.0 Å². The number of fused-ring (bicyclic) bond motifs is 1. The van der Waals surface area contributed by atoms with Crippen molar-refractivity contribution in [3.63, 3.8) is 0 Å². The molecule has 1 aromatic rings. The van der Waals surface area contributed by atoms with E-state index in [0.717, 1.165) is 13.0 Å². The van der Waals surface area contributed by atoms with Crippen molar-refractivity contribution >= 4 is 11.6 Å². The number of carbonyl (C=O) groups excluding carboxylic acids is 1. The van der Waals surface area contributed by atoms with Gasteiger partial charge in [0.15, 0.2) is 5.69 Å². The molecule has 23 heavy (non-hydrogen) atoms. The van der Waals surface area contributed by atoms with Gasteiger partial charge >= 0.3 is 0 Å². The standard InChI is InChI=1S/C16H16F3N3O/c1-15(16(2,18)19)9-21-5-4-13(22(21)14(15)23)10-6-11(17)8-12(7-10)20-3/h6-8,13H,4-5,9H2,1-2H3/t13-,15?/m0/s1. The molecule has 122 valence electrons. The molecule has 0 spiro atoms. The first-order valence-electron chi connectivity index (χ1n) is 7.32. The van der Waals surface area contributed by atoms with Crippen LogP contribution in [0.2, 0.25) is 0 Å². The van der Waals surface area contributed by atoms with Crippen LogP contribution >= 0.6 is 0 Å². The number of amides is 1. The number of hydrogen-bond acceptors (Lipinski definition) is 2. The highest BCUT2D eigenvalue weighted by Crippen LogP contribution is 2.49. The van der Waals surface area contributed by atoms with Crippen LogP contribution in [0.4, 0.5) is 18.9 Å². The van der Waals surface area contributed by atoms with Crippen LogP contribution < -0.4 is 0 Å².